The molecule has 16 heavy (non-hydrogen) atoms. The van der Waals surface area contributed by atoms with Crippen LogP contribution in [-0.2, 0) is 5.75 Å². The van der Waals surface area contributed by atoms with Crippen molar-refractivity contribution in [3.8, 4) is 11.5 Å². The number of rotatable bonds is 6. The SMILES string of the molecule is COc1ccc(OC)c(CSC(C)CO)c1. The first-order valence-electron chi connectivity index (χ1n) is 5.14. The lowest BCUT2D eigenvalue weighted by atomic mass is 10.2. The lowest BCUT2D eigenvalue weighted by molar-refractivity contribution is 0.300. The predicted molar refractivity (Wildman–Crippen MR) is 67.4 cm³/mol. The van der Waals surface area contributed by atoms with Gasteiger partial charge in [-0.3, -0.25) is 0 Å². The van der Waals surface area contributed by atoms with Crippen molar-refractivity contribution in [1.29, 1.82) is 0 Å². The summed E-state index contributed by atoms with van der Waals surface area (Å²) in [6.45, 7) is 2.19. The third-order valence-corrected chi connectivity index (χ3v) is 3.46. The van der Waals surface area contributed by atoms with E-state index >= 15 is 0 Å². The molecule has 0 amide bonds. The fourth-order valence-electron chi connectivity index (χ4n) is 1.28. The molecule has 0 heterocycles. The first kappa shape index (κ1) is 13.2. The fourth-order valence-corrected chi connectivity index (χ4v) is 2.07. The molecule has 1 aromatic rings. The summed E-state index contributed by atoms with van der Waals surface area (Å²) in [6.07, 6.45) is 0. The second-order valence-electron chi connectivity index (χ2n) is 3.48. The van der Waals surface area contributed by atoms with Crippen molar-refractivity contribution in [1.82, 2.24) is 0 Å². The summed E-state index contributed by atoms with van der Waals surface area (Å²) in [5.41, 5.74) is 1.09. The molecule has 0 aliphatic carbocycles. The maximum atomic E-state index is 8.96. The molecule has 0 aliphatic heterocycles. The van der Waals surface area contributed by atoms with Gasteiger partial charge in [-0.2, -0.15) is 11.8 Å². The van der Waals surface area contributed by atoms with Crippen molar-refractivity contribution in [3.05, 3.63) is 23.8 Å². The molecule has 1 rings (SSSR count). The van der Waals surface area contributed by atoms with Gasteiger partial charge in [-0.25, -0.2) is 0 Å². The zero-order valence-corrected chi connectivity index (χ0v) is 10.7. The fraction of sp³-hybridized carbons (Fsp3) is 0.500. The highest BCUT2D eigenvalue weighted by molar-refractivity contribution is 7.99. The molecule has 0 spiro atoms. The summed E-state index contributed by atoms with van der Waals surface area (Å²) < 4.78 is 10.5. The van der Waals surface area contributed by atoms with Gasteiger partial charge in [0.15, 0.2) is 0 Å². The van der Waals surface area contributed by atoms with E-state index in [0.29, 0.717) is 0 Å². The Bertz CT molecular complexity index is 328. The molecule has 0 aromatic heterocycles. The monoisotopic (exact) mass is 242 g/mol. The van der Waals surface area contributed by atoms with Crippen LogP contribution < -0.4 is 9.47 Å². The predicted octanol–water partition coefficient (Wildman–Crippen LogP) is 2.32. The van der Waals surface area contributed by atoms with Crippen molar-refractivity contribution in [2.24, 2.45) is 0 Å². The minimum atomic E-state index is 0.191. The number of benzene rings is 1. The Morgan fingerprint density at radius 3 is 2.62 bits per heavy atom. The molecule has 4 heteroatoms. The minimum Gasteiger partial charge on any atom is -0.497 e. The van der Waals surface area contributed by atoms with Crippen LogP contribution in [0.25, 0.3) is 0 Å². The van der Waals surface area contributed by atoms with E-state index in [9.17, 15) is 0 Å². The van der Waals surface area contributed by atoms with Gasteiger partial charge in [-0.1, -0.05) is 6.92 Å². The Kier molecular flexibility index (Phi) is 5.49. The van der Waals surface area contributed by atoms with Crippen molar-refractivity contribution in [2.75, 3.05) is 20.8 Å². The average Bonchev–Trinajstić information content (AvgIpc) is 2.35. The van der Waals surface area contributed by atoms with E-state index in [1.807, 2.05) is 25.1 Å². The van der Waals surface area contributed by atoms with E-state index in [1.165, 1.54) is 0 Å². The molecular formula is C12H18O3S. The second-order valence-corrected chi connectivity index (χ2v) is 4.91. The van der Waals surface area contributed by atoms with Crippen molar-refractivity contribution >= 4 is 11.8 Å². The van der Waals surface area contributed by atoms with E-state index in [-0.39, 0.29) is 11.9 Å². The molecule has 0 saturated carbocycles. The van der Waals surface area contributed by atoms with E-state index in [0.717, 1.165) is 22.8 Å². The molecule has 0 bridgehead atoms. The van der Waals surface area contributed by atoms with Crippen LogP contribution in [0, 0.1) is 0 Å². The summed E-state index contributed by atoms with van der Waals surface area (Å²) in [5, 5.41) is 9.20. The summed E-state index contributed by atoms with van der Waals surface area (Å²) in [7, 11) is 3.31. The molecule has 1 aromatic carbocycles. The number of ether oxygens (including phenoxy) is 2. The van der Waals surface area contributed by atoms with Crippen LogP contribution in [0.3, 0.4) is 0 Å². The summed E-state index contributed by atoms with van der Waals surface area (Å²) in [4.78, 5) is 0. The highest BCUT2D eigenvalue weighted by atomic mass is 32.2. The minimum absolute atomic E-state index is 0.191. The number of aliphatic hydroxyl groups excluding tert-OH is 1. The van der Waals surface area contributed by atoms with E-state index < -0.39 is 0 Å². The smallest absolute Gasteiger partial charge is 0.123 e. The van der Waals surface area contributed by atoms with Crippen LogP contribution in [0.15, 0.2) is 18.2 Å². The van der Waals surface area contributed by atoms with Crippen molar-refractivity contribution in [2.45, 2.75) is 17.9 Å². The lowest BCUT2D eigenvalue weighted by Gasteiger charge is -2.12. The molecule has 0 aliphatic rings. The number of thioether (sulfide) groups is 1. The Morgan fingerprint density at radius 2 is 2.06 bits per heavy atom. The Morgan fingerprint density at radius 1 is 1.31 bits per heavy atom. The van der Waals surface area contributed by atoms with Crippen LogP contribution in [0.4, 0.5) is 0 Å². The normalized spacial score (nSPS) is 12.2. The van der Waals surface area contributed by atoms with E-state index in [4.69, 9.17) is 14.6 Å². The summed E-state index contributed by atoms with van der Waals surface area (Å²) in [5.74, 6) is 2.49. The molecule has 1 unspecified atom stereocenters. The number of hydrogen-bond acceptors (Lipinski definition) is 4. The highest BCUT2D eigenvalue weighted by Crippen LogP contribution is 2.28. The molecule has 1 N–H and O–H groups in total. The summed E-state index contributed by atoms with van der Waals surface area (Å²) >= 11 is 1.69. The lowest BCUT2D eigenvalue weighted by Crippen LogP contribution is -2.03. The molecule has 90 valence electrons. The molecule has 1 atom stereocenters. The maximum absolute atomic E-state index is 8.96. The third-order valence-electron chi connectivity index (χ3n) is 2.27. The average molecular weight is 242 g/mol. The highest BCUT2D eigenvalue weighted by Gasteiger charge is 2.07. The second kappa shape index (κ2) is 6.66. The van der Waals surface area contributed by atoms with Gasteiger partial charge < -0.3 is 14.6 Å². The Balaban J connectivity index is 2.75. The van der Waals surface area contributed by atoms with Crippen LogP contribution in [0.5, 0.6) is 11.5 Å². The van der Waals surface area contributed by atoms with E-state index in [2.05, 4.69) is 0 Å². The van der Waals surface area contributed by atoms with Gasteiger partial charge in [0.1, 0.15) is 11.5 Å². The Hall–Kier alpha value is -0.870. The standard InChI is InChI=1S/C12H18O3S/c1-9(7-13)16-8-10-6-11(14-2)4-5-12(10)15-3/h4-6,9,13H,7-8H2,1-3H3. The maximum Gasteiger partial charge on any atom is 0.123 e. The topological polar surface area (TPSA) is 38.7 Å². The molecule has 3 nitrogen and oxygen atoms in total. The zero-order valence-electron chi connectivity index (χ0n) is 9.90. The molecular weight excluding hydrogens is 224 g/mol. The molecule has 0 fully saturated rings. The third kappa shape index (κ3) is 3.61. The van der Waals surface area contributed by atoms with Gasteiger partial charge in [-0.15, -0.1) is 0 Å². The molecule has 0 saturated heterocycles. The van der Waals surface area contributed by atoms with Crippen LogP contribution in [0.1, 0.15) is 12.5 Å². The van der Waals surface area contributed by atoms with Gasteiger partial charge in [0.25, 0.3) is 0 Å². The quantitative estimate of drug-likeness (QED) is 0.831. The van der Waals surface area contributed by atoms with Crippen molar-refractivity contribution < 1.29 is 14.6 Å². The van der Waals surface area contributed by atoms with Gasteiger partial charge in [0.2, 0.25) is 0 Å². The number of aliphatic hydroxyl groups is 1. The van der Waals surface area contributed by atoms with Crippen LogP contribution in [0.2, 0.25) is 0 Å². The van der Waals surface area contributed by atoms with Crippen LogP contribution >= 0.6 is 11.8 Å². The first-order chi connectivity index (χ1) is 7.71. The van der Waals surface area contributed by atoms with Gasteiger partial charge in [0, 0.05) is 16.6 Å². The largest absolute Gasteiger partial charge is 0.497 e. The number of methoxy groups -OCH3 is 2. The molecule has 0 radical (unpaired) electrons. The number of hydrogen-bond donors (Lipinski definition) is 1. The van der Waals surface area contributed by atoms with Gasteiger partial charge in [0.05, 0.1) is 20.8 Å². The van der Waals surface area contributed by atoms with Gasteiger partial charge in [-0.05, 0) is 18.2 Å². The van der Waals surface area contributed by atoms with Crippen molar-refractivity contribution in [3.63, 3.8) is 0 Å². The Labute approximate surface area is 101 Å². The van der Waals surface area contributed by atoms with Crippen LogP contribution in [-0.4, -0.2) is 31.2 Å². The summed E-state index contributed by atoms with van der Waals surface area (Å²) in [6, 6.07) is 5.75. The van der Waals surface area contributed by atoms with Gasteiger partial charge >= 0.3 is 0 Å². The zero-order chi connectivity index (χ0) is 12.0. The first-order valence-corrected chi connectivity index (χ1v) is 6.19. The van der Waals surface area contributed by atoms with E-state index in [1.54, 1.807) is 26.0 Å².